The van der Waals surface area contributed by atoms with E-state index in [2.05, 4.69) is 0 Å². The number of ether oxygens (including phenoxy) is 1. The number of carbonyl (C=O) groups excluding carboxylic acids is 1. The fourth-order valence-corrected chi connectivity index (χ4v) is 4.75. The minimum Gasteiger partial charge on any atom is -0.493 e. The molecule has 1 aromatic carbocycles. The molecule has 1 aliphatic carbocycles. The predicted molar refractivity (Wildman–Crippen MR) is 123 cm³/mol. The summed E-state index contributed by atoms with van der Waals surface area (Å²) in [4.78, 5) is 24.5. The van der Waals surface area contributed by atoms with Gasteiger partial charge >= 0.3 is 0 Å². The lowest BCUT2D eigenvalue weighted by Gasteiger charge is -2.33. The zero-order valence-electron chi connectivity index (χ0n) is 18.7. The van der Waals surface area contributed by atoms with Crippen LogP contribution in [-0.2, 0) is 21.2 Å². The largest absolute Gasteiger partial charge is 0.493 e. The first kappa shape index (κ1) is 24.9. The molecule has 0 radical (unpaired) electrons. The summed E-state index contributed by atoms with van der Waals surface area (Å²) in [6, 6.07) is 10.6. The molecule has 10 heteroatoms. The second-order valence-corrected chi connectivity index (χ2v) is 11.3. The van der Waals surface area contributed by atoms with Crippen LogP contribution in [0.1, 0.15) is 26.2 Å². The lowest BCUT2D eigenvalue weighted by molar-refractivity contribution is -0.131. The summed E-state index contributed by atoms with van der Waals surface area (Å²) in [5.74, 6) is 0.571. The number of sulfone groups is 1. The molecule has 0 saturated heterocycles. The van der Waals surface area contributed by atoms with E-state index < -0.39 is 20.5 Å². The van der Waals surface area contributed by atoms with Gasteiger partial charge in [-0.25, -0.2) is 13.9 Å². The molecule has 3 rings (SSSR count). The van der Waals surface area contributed by atoms with Crippen molar-refractivity contribution in [1.82, 2.24) is 10.0 Å². The van der Waals surface area contributed by atoms with E-state index in [-0.39, 0.29) is 25.1 Å². The number of benzene rings is 1. The van der Waals surface area contributed by atoms with Crippen molar-refractivity contribution in [3.05, 3.63) is 52.9 Å². The van der Waals surface area contributed by atoms with Gasteiger partial charge in [-0.05, 0) is 67.3 Å². The van der Waals surface area contributed by atoms with Crippen LogP contribution < -0.4 is 15.8 Å². The molecule has 1 aliphatic rings. The Balaban J connectivity index is 1.64. The number of hydrogen-bond donors (Lipinski definition) is 3. The van der Waals surface area contributed by atoms with Gasteiger partial charge in [-0.3, -0.25) is 14.8 Å². The summed E-state index contributed by atoms with van der Waals surface area (Å²) in [5, 5.41) is 18.0. The Kier molecular flexibility index (Phi) is 7.61. The third-order valence-corrected chi connectivity index (χ3v) is 8.52. The van der Waals surface area contributed by atoms with Gasteiger partial charge in [-0.2, -0.15) is 0 Å². The van der Waals surface area contributed by atoms with Crippen molar-refractivity contribution in [3.8, 4) is 16.9 Å². The Morgan fingerprint density at radius 1 is 1.18 bits per heavy atom. The Morgan fingerprint density at radius 2 is 1.85 bits per heavy atom. The number of aryl methyl sites for hydroxylation is 1. The average Bonchev–Trinajstić information content (AvgIpc) is 2.76. The molecule has 180 valence electrons. The van der Waals surface area contributed by atoms with Gasteiger partial charge in [-0.15, -0.1) is 0 Å². The van der Waals surface area contributed by atoms with E-state index >= 15 is 0 Å². The van der Waals surface area contributed by atoms with Crippen LogP contribution in [-0.4, -0.2) is 53.4 Å². The van der Waals surface area contributed by atoms with Gasteiger partial charge in [0, 0.05) is 31.7 Å². The number of aliphatic hydroxyl groups excluding tert-OH is 1. The molecule has 2 aromatic rings. The standard InChI is InChI=1S/C23H30N2O7S/c1-23(22(28)24-29,33(2,30)31)8-10-25-9-7-19(13-21(25)27)18-3-5-20(6-4-18)32-15-17-11-16(12-17)14-26/h3-7,9,13,16-17,26,29H,8,10-12,14-15H2,1-2H3,(H,24,28). The van der Waals surface area contributed by atoms with E-state index in [4.69, 9.17) is 15.1 Å². The smallest absolute Gasteiger partial charge is 0.264 e. The van der Waals surface area contributed by atoms with Crippen LogP contribution in [0.25, 0.3) is 11.1 Å². The van der Waals surface area contributed by atoms with Crippen LogP contribution in [0.2, 0.25) is 0 Å². The number of pyridine rings is 1. The van der Waals surface area contributed by atoms with E-state index in [0.717, 1.165) is 30.4 Å². The number of carbonyl (C=O) groups is 1. The molecule has 9 nitrogen and oxygen atoms in total. The van der Waals surface area contributed by atoms with Gasteiger partial charge in [0.05, 0.1) is 6.61 Å². The van der Waals surface area contributed by atoms with E-state index in [9.17, 15) is 18.0 Å². The van der Waals surface area contributed by atoms with E-state index in [1.807, 2.05) is 24.3 Å². The van der Waals surface area contributed by atoms with Gasteiger partial charge < -0.3 is 14.4 Å². The summed E-state index contributed by atoms with van der Waals surface area (Å²) in [6.45, 7) is 2.06. The maximum atomic E-state index is 12.6. The third kappa shape index (κ3) is 5.63. The molecular formula is C23H30N2O7S. The first-order valence-electron chi connectivity index (χ1n) is 10.8. The predicted octanol–water partition coefficient (Wildman–Crippen LogP) is 1.61. The lowest BCUT2D eigenvalue weighted by atomic mass is 9.76. The molecule has 1 saturated carbocycles. The van der Waals surface area contributed by atoms with Gasteiger partial charge in [0.2, 0.25) is 0 Å². The second-order valence-electron chi connectivity index (χ2n) is 8.86. The van der Waals surface area contributed by atoms with Crippen molar-refractivity contribution in [3.63, 3.8) is 0 Å². The highest BCUT2D eigenvalue weighted by atomic mass is 32.2. The van der Waals surface area contributed by atoms with Crippen molar-refractivity contribution in [2.45, 2.75) is 37.5 Å². The van der Waals surface area contributed by atoms with Crippen LogP contribution in [0.3, 0.4) is 0 Å². The highest BCUT2D eigenvalue weighted by Gasteiger charge is 2.43. The molecule has 1 fully saturated rings. The van der Waals surface area contributed by atoms with Crippen molar-refractivity contribution < 1.29 is 28.3 Å². The Hall–Kier alpha value is -2.69. The molecule has 1 aromatic heterocycles. The van der Waals surface area contributed by atoms with Crippen LogP contribution in [0.4, 0.5) is 0 Å². The summed E-state index contributed by atoms with van der Waals surface area (Å²) < 4.78 is 29.4. The molecule has 1 atom stereocenters. The average molecular weight is 479 g/mol. The molecule has 0 spiro atoms. The normalized spacial score (nSPS) is 19.9. The molecule has 3 N–H and O–H groups in total. The van der Waals surface area contributed by atoms with Crippen molar-refractivity contribution in [1.29, 1.82) is 0 Å². The van der Waals surface area contributed by atoms with Crippen molar-refractivity contribution >= 4 is 15.7 Å². The molecule has 0 bridgehead atoms. The number of rotatable bonds is 10. The van der Waals surface area contributed by atoms with Crippen LogP contribution in [0.15, 0.2) is 47.4 Å². The Bertz CT molecular complexity index is 1140. The maximum absolute atomic E-state index is 12.6. The van der Waals surface area contributed by atoms with Gasteiger partial charge in [0.1, 0.15) is 5.75 Å². The van der Waals surface area contributed by atoms with Crippen molar-refractivity contribution in [2.24, 2.45) is 11.8 Å². The maximum Gasteiger partial charge on any atom is 0.264 e. The molecule has 1 unspecified atom stereocenters. The summed E-state index contributed by atoms with van der Waals surface area (Å²) in [7, 11) is -3.84. The number of hydrogen-bond acceptors (Lipinski definition) is 7. The monoisotopic (exact) mass is 478 g/mol. The van der Waals surface area contributed by atoms with E-state index in [0.29, 0.717) is 24.0 Å². The quantitative estimate of drug-likeness (QED) is 0.349. The fraction of sp³-hybridized carbons (Fsp3) is 0.478. The molecule has 1 heterocycles. The van der Waals surface area contributed by atoms with Crippen LogP contribution in [0, 0.1) is 11.8 Å². The second kappa shape index (κ2) is 10.1. The zero-order chi connectivity index (χ0) is 24.2. The number of aromatic nitrogens is 1. The van der Waals surface area contributed by atoms with Gasteiger partial charge in [0.15, 0.2) is 14.6 Å². The number of hydroxylamine groups is 1. The molecule has 33 heavy (non-hydrogen) atoms. The minimum atomic E-state index is -3.84. The fourth-order valence-electron chi connectivity index (χ4n) is 3.91. The highest BCUT2D eigenvalue weighted by molar-refractivity contribution is 7.92. The number of aliphatic hydroxyl groups is 1. The molecular weight excluding hydrogens is 448 g/mol. The first-order chi connectivity index (χ1) is 15.6. The van der Waals surface area contributed by atoms with Crippen LogP contribution >= 0.6 is 0 Å². The molecule has 0 aliphatic heterocycles. The van der Waals surface area contributed by atoms with Gasteiger partial charge in [0.25, 0.3) is 11.5 Å². The Labute approximate surface area is 192 Å². The Morgan fingerprint density at radius 3 is 2.39 bits per heavy atom. The first-order valence-corrected chi connectivity index (χ1v) is 12.6. The van der Waals surface area contributed by atoms with Gasteiger partial charge in [-0.1, -0.05) is 12.1 Å². The number of nitrogens with zero attached hydrogens (tertiary/aromatic N) is 1. The lowest BCUT2D eigenvalue weighted by Crippen LogP contribution is -2.49. The van der Waals surface area contributed by atoms with E-state index in [1.54, 1.807) is 12.3 Å². The topological polar surface area (TPSA) is 135 Å². The summed E-state index contributed by atoms with van der Waals surface area (Å²) in [6.07, 6.45) is 4.26. The number of amides is 1. The SMILES string of the molecule is CC(CCn1ccc(-c2ccc(OCC3CC(CO)C3)cc2)cc1=O)(C(=O)NO)S(C)(=O)=O. The zero-order valence-corrected chi connectivity index (χ0v) is 19.5. The van der Waals surface area contributed by atoms with Crippen molar-refractivity contribution in [2.75, 3.05) is 19.5 Å². The molecule has 1 amide bonds. The third-order valence-electron chi connectivity index (χ3n) is 6.49. The van der Waals surface area contributed by atoms with Crippen LogP contribution in [0.5, 0.6) is 5.75 Å². The summed E-state index contributed by atoms with van der Waals surface area (Å²) >= 11 is 0. The minimum absolute atomic E-state index is 0.0127. The van der Waals surface area contributed by atoms with E-state index in [1.165, 1.54) is 23.0 Å². The number of nitrogens with one attached hydrogen (secondary N) is 1. The summed E-state index contributed by atoms with van der Waals surface area (Å²) in [5.41, 5.74) is 2.59. The highest BCUT2D eigenvalue weighted by Crippen LogP contribution is 2.33.